The van der Waals surface area contributed by atoms with Gasteiger partial charge in [-0.3, -0.25) is 5.10 Å². The molecule has 2 aromatic heterocycles. The van der Waals surface area contributed by atoms with Crippen LogP contribution < -0.4 is 15.1 Å². The third-order valence-electron chi connectivity index (χ3n) is 5.52. The number of hydrogen-bond donors (Lipinski definition) is 2. The minimum Gasteiger partial charge on any atom is -0.473 e. The standard InChI is InChI=1S/C23H29N7O/c1-7-30(24-6)19-10-8-16(17-14-25-28-21(17)19)18-9-11-20(27-26-18)31-15-12-22(2,3)29-23(4,5)13-15/h7-11,14-15,29H,1,6,12-13H2,2-5H3,(H,25,28). The van der Waals surface area contributed by atoms with E-state index in [-0.39, 0.29) is 17.2 Å². The molecule has 0 atom stereocenters. The van der Waals surface area contributed by atoms with E-state index in [0.29, 0.717) is 5.88 Å². The first kappa shape index (κ1) is 21.0. The van der Waals surface area contributed by atoms with Crippen molar-refractivity contribution in [3.05, 3.63) is 43.2 Å². The van der Waals surface area contributed by atoms with Gasteiger partial charge in [0.25, 0.3) is 0 Å². The van der Waals surface area contributed by atoms with Gasteiger partial charge in [-0.15, -0.1) is 10.2 Å². The van der Waals surface area contributed by atoms with Crippen molar-refractivity contribution in [2.75, 3.05) is 5.01 Å². The van der Waals surface area contributed by atoms with Gasteiger partial charge in [-0.1, -0.05) is 6.58 Å². The molecular formula is C23H29N7O. The Morgan fingerprint density at radius 3 is 2.48 bits per heavy atom. The molecule has 4 rings (SSSR count). The topological polar surface area (TPSA) is 91.3 Å². The summed E-state index contributed by atoms with van der Waals surface area (Å²) in [7, 11) is 0. The summed E-state index contributed by atoms with van der Waals surface area (Å²) in [5.74, 6) is 0.538. The van der Waals surface area contributed by atoms with Crippen LogP contribution in [0.4, 0.5) is 5.69 Å². The molecule has 0 saturated carbocycles. The molecule has 0 amide bonds. The lowest BCUT2D eigenvalue weighted by Gasteiger charge is -2.46. The van der Waals surface area contributed by atoms with Crippen molar-refractivity contribution in [3.8, 4) is 17.1 Å². The number of rotatable bonds is 6. The lowest BCUT2D eigenvalue weighted by molar-refractivity contribution is 0.0524. The SMILES string of the molecule is C=CN(N=C)c1ccc(-c2ccc(OC3CC(C)(C)NC(C)(C)C3)nn2)c2cn[nH]c12. The second-order valence-electron chi connectivity index (χ2n) is 9.26. The van der Waals surface area contributed by atoms with Gasteiger partial charge in [0, 0.05) is 53.9 Å². The fourth-order valence-electron chi connectivity index (χ4n) is 4.68. The lowest BCUT2D eigenvalue weighted by atomic mass is 9.81. The van der Waals surface area contributed by atoms with E-state index in [0.717, 1.165) is 40.7 Å². The third-order valence-corrected chi connectivity index (χ3v) is 5.52. The van der Waals surface area contributed by atoms with Gasteiger partial charge < -0.3 is 10.1 Å². The zero-order valence-corrected chi connectivity index (χ0v) is 18.5. The number of nitrogens with one attached hydrogen (secondary N) is 2. The maximum atomic E-state index is 6.20. The van der Waals surface area contributed by atoms with Crippen molar-refractivity contribution < 1.29 is 4.74 Å². The van der Waals surface area contributed by atoms with Crippen molar-refractivity contribution in [1.82, 2.24) is 25.7 Å². The van der Waals surface area contributed by atoms with Crippen molar-refractivity contribution in [1.29, 1.82) is 0 Å². The van der Waals surface area contributed by atoms with Crippen LogP contribution >= 0.6 is 0 Å². The second kappa shape index (κ2) is 7.77. The highest BCUT2D eigenvalue weighted by Gasteiger charge is 2.38. The number of aromatic amines is 1. The van der Waals surface area contributed by atoms with Gasteiger partial charge in [0.15, 0.2) is 0 Å². The maximum absolute atomic E-state index is 6.20. The zero-order valence-electron chi connectivity index (χ0n) is 18.5. The fourth-order valence-corrected chi connectivity index (χ4v) is 4.68. The summed E-state index contributed by atoms with van der Waals surface area (Å²) in [6.45, 7) is 16.2. The molecule has 0 aliphatic carbocycles. The summed E-state index contributed by atoms with van der Waals surface area (Å²) < 4.78 is 6.20. The van der Waals surface area contributed by atoms with Crippen molar-refractivity contribution in [3.63, 3.8) is 0 Å². The van der Waals surface area contributed by atoms with E-state index in [1.807, 2.05) is 24.3 Å². The molecule has 31 heavy (non-hydrogen) atoms. The van der Waals surface area contributed by atoms with Gasteiger partial charge in [-0.25, -0.2) is 5.01 Å². The molecule has 3 heterocycles. The minimum atomic E-state index is 0.00797. The van der Waals surface area contributed by atoms with Crippen LogP contribution in [0.2, 0.25) is 0 Å². The molecule has 1 fully saturated rings. The Labute approximate surface area is 182 Å². The van der Waals surface area contributed by atoms with E-state index in [1.54, 1.807) is 17.4 Å². The van der Waals surface area contributed by atoms with Gasteiger partial charge >= 0.3 is 0 Å². The second-order valence-corrected chi connectivity index (χ2v) is 9.26. The highest BCUT2D eigenvalue weighted by molar-refractivity contribution is 6.00. The molecule has 0 spiro atoms. The predicted molar refractivity (Wildman–Crippen MR) is 124 cm³/mol. The highest BCUT2D eigenvalue weighted by Crippen LogP contribution is 2.34. The van der Waals surface area contributed by atoms with Crippen LogP contribution in [0.1, 0.15) is 40.5 Å². The van der Waals surface area contributed by atoms with Crippen molar-refractivity contribution in [2.24, 2.45) is 5.10 Å². The fraction of sp³-hybridized carbons (Fsp3) is 0.391. The summed E-state index contributed by atoms with van der Waals surface area (Å²) >= 11 is 0. The average molecular weight is 420 g/mol. The number of hydrazone groups is 1. The van der Waals surface area contributed by atoms with E-state index in [9.17, 15) is 0 Å². The predicted octanol–water partition coefficient (Wildman–Crippen LogP) is 4.27. The molecule has 1 saturated heterocycles. The normalized spacial score (nSPS) is 17.9. The van der Waals surface area contributed by atoms with Gasteiger partial charge in [0.2, 0.25) is 5.88 Å². The van der Waals surface area contributed by atoms with Crippen LogP contribution in [0.3, 0.4) is 0 Å². The molecule has 1 aromatic carbocycles. The summed E-state index contributed by atoms with van der Waals surface area (Å²) in [5.41, 5.74) is 3.32. The third kappa shape index (κ3) is 4.29. The molecule has 1 aliphatic rings. The number of fused-ring (bicyclic) bond motifs is 1. The van der Waals surface area contributed by atoms with Crippen LogP contribution in [0.5, 0.6) is 5.88 Å². The van der Waals surface area contributed by atoms with Crippen LogP contribution in [0.15, 0.2) is 48.3 Å². The molecule has 162 valence electrons. The average Bonchev–Trinajstić information content (AvgIpc) is 3.17. The number of aromatic nitrogens is 4. The van der Waals surface area contributed by atoms with E-state index < -0.39 is 0 Å². The number of piperidine rings is 1. The Hall–Kier alpha value is -3.26. The molecule has 2 N–H and O–H groups in total. The summed E-state index contributed by atoms with van der Waals surface area (Å²) in [6.07, 6.45) is 5.27. The van der Waals surface area contributed by atoms with Gasteiger partial charge in [0.1, 0.15) is 6.10 Å². The zero-order chi connectivity index (χ0) is 22.2. The molecule has 0 unspecified atom stereocenters. The molecular weight excluding hydrogens is 390 g/mol. The maximum Gasteiger partial charge on any atom is 0.233 e. The number of hydrogen-bond acceptors (Lipinski definition) is 7. The number of H-pyrrole nitrogens is 1. The first-order chi connectivity index (χ1) is 14.7. The smallest absolute Gasteiger partial charge is 0.233 e. The molecule has 8 nitrogen and oxygen atoms in total. The van der Waals surface area contributed by atoms with Gasteiger partial charge in [-0.05, 0) is 45.9 Å². The molecule has 0 radical (unpaired) electrons. The first-order valence-electron chi connectivity index (χ1n) is 10.4. The van der Waals surface area contributed by atoms with E-state index in [2.05, 4.69) is 71.8 Å². The summed E-state index contributed by atoms with van der Waals surface area (Å²) in [4.78, 5) is 0. The Morgan fingerprint density at radius 1 is 1.13 bits per heavy atom. The Bertz CT molecular complexity index is 1080. The van der Waals surface area contributed by atoms with E-state index in [4.69, 9.17) is 4.74 Å². The number of benzene rings is 1. The highest BCUT2D eigenvalue weighted by atomic mass is 16.5. The van der Waals surface area contributed by atoms with E-state index >= 15 is 0 Å². The monoisotopic (exact) mass is 419 g/mol. The quantitative estimate of drug-likeness (QED) is 0.458. The number of anilines is 1. The van der Waals surface area contributed by atoms with Crippen molar-refractivity contribution >= 4 is 23.3 Å². The largest absolute Gasteiger partial charge is 0.473 e. The summed E-state index contributed by atoms with van der Waals surface area (Å²) in [5, 5.41) is 26.1. The molecule has 1 aliphatic heterocycles. The Balaban J connectivity index is 1.58. The Morgan fingerprint density at radius 2 is 1.87 bits per heavy atom. The number of ether oxygens (including phenoxy) is 1. The van der Waals surface area contributed by atoms with Crippen LogP contribution in [-0.2, 0) is 0 Å². The van der Waals surface area contributed by atoms with Gasteiger partial charge in [0.05, 0.1) is 23.1 Å². The minimum absolute atomic E-state index is 0.00797. The first-order valence-corrected chi connectivity index (χ1v) is 10.4. The van der Waals surface area contributed by atoms with Crippen LogP contribution in [-0.4, -0.2) is 44.3 Å². The molecule has 3 aromatic rings. The molecule has 0 bridgehead atoms. The van der Waals surface area contributed by atoms with Gasteiger partial charge in [-0.2, -0.15) is 10.2 Å². The van der Waals surface area contributed by atoms with Crippen molar-refractivity contribution in [2.45, 2.75) is 57.7 Å². The number of nitrogens with zero attached hydrogens (tertiary/aromatic N) is 5. The molecule has 8 heteroatoms. The summed E-state index contributed by atoms with van der Waals surface area (Å²) in [6, 6.07) is 7.71. The van der Waals surface area contributed by atoms with Crippen LogP contribution in [0.25, 0.3) is 22.2 Å². The Kier molecular flexibility index (Phi) is 5.26. The lowest BCUT2D eigenvalue weighted by Crippen LogP contribution is -2.60. The van der Waals surface area contributed by atoms with Crippen LogP contribution in [0, 0.1) is 0 Å². The van der Waals surface area contributed by atoms with E-state index in [1.165, 1.54) is 0 Å².